The Morgan fingerprint density at radius 3 is 2.71 bits per heavy atom. The van der Waals surface area contributed by atoms with E-state index in [-0.39, 0.29) is 12.2 Å². The summed E-state index contributed by atoms with van der Waals surface area (Å²) >= 11 is 0. The van der Waals surface area contributed by atoms with E-state index in [2.05, 4.69) is 26.1 Å². The first kappa shape index (κ1) is 14.3. The summed E-state index contributed by atoms with van der Waals surface area (Å²) in [5.74, 6) is 1.14. The van der Waals surface area contributed by atoms with Gasteiger partial charge in [-0.1, -0.05) is 33.6 Å². The van der Waals surface area contributed by atoms with Crippen LogP contribution in [0, 0.1) is 11.8 Å². The Hall–Kier alpha value is -0.730. The summed E-state index contributed by atoms with van der Waals surface area (Å²) in [5.41, 5.74) is 0. The average Bonchev–Trinajstić information content (AvgIpc) is 2.29. The number of nitrogens with one attached hydrogen (secondary N) is 1. The van der Waals surface area contributed by atoms with Crippen molar-refractivity contribution in [2.75, 3.05) is 6.54 Å². The van der Waals surface area contributed by atoms with Crippen molar-refractivity contribution in [1.29, 1.82) is 0 Å². The van der Waals surface area contributed by atoms with Crippen LogP contribution in [0.4, 0.5) is 4.79 Å². The van der Waals surface area contributed by atoms with Crippen molar-refractivity contribution in [1.82, 2.24) is 5.32 Å². The number of carbonyl (C=O) groups excluding carboxylic acids is 1. The Morgan fingerprint density at radius 2 is 2.06 bits per heavy atom. The number of carbonyl (C=O) groups is 1. The summed E-state index contributed by atoms with van der Waals surface area (Å²) in [7, 11) is 0. The van der Waals surface area contributed by atoms with Gasteiger partial charge in [-0.3, -0.25) is 0 Å². The predicted molar refractivity (Wildman–Crippen MR) is 70.0 cm³/mol. The molecule has 1 N–H and O–H groups in total. The second-order valence-corrected chi connectivity index (χ2v) is 5.42. The third-order valence-electron chi connectivity index (χ3n) is 3.67. The van der Waals surface area contributed by atoms with E-state index in [1.165, 1.54) is 19.3 Å². The molecule has 1 amide bonds. The molecular formula is C14H27NO2. The number of unbranched alkanes of at least 4 members (excludes halogenated alkanes) is 1. The van der Waals surface area contributed by atoms with Crippen LogP contribution >= 0.6 is 0 Å². The van der Waals surface area contributed by atoms with Crippen molar-refractivity contribution in [3.05, 3.63) is 0 Å². The maximum absolute atomic E-state index is 11.6. The number of ether oxygens (including phenoxy) is 1. The Morgan fingerprint density at radius 1 is 1.35 bits per heavy atom. The van der Waals surface area contributed by atoms with Crippen molar-refractivity contribution < 1.29 is 9.53 Å². The van der Waals surface area contributed by atoms with Crippen molar-refractivity contribution in [2.24, 2.45) is 11.8 Å². The minimum Gasteiger partial charge on any atom is -0.446 e. The van der Waals surface area contributed by atoms with Crippen LogP contribution in [-0.4, -0.2) is 18.7 Å². The molecule has 0 saturated heterocycles. The van der Waals surface area contributed by atoms with Crippen molar-refractivity contribution in [3.8, 4) is 0 Å². The average molecular weight is 241 g/mol. The summed E-state index contributed by atoms with van der Waals surface area (Å²) in [6.45, 7) is 7.29. The van der Waals surface area contributed by atoms with Gasteiger partial charge in [0.2, 0.25) is 0 Å². The molecule has 1 aliphatic rings. The highest BCUT2D eigenvalue weighted by atomic mass is 16.6. The van der Waals surface area contributed by atoms with Gasteiger partial charge in [-0.2, -0.15) is 0 Å². The highest BCUT2D eigenvalue weighted by Crippen LogP contribution is 2.32. The second kappa shape index (κ2) is 7.57. The molecule has 0 aliphatic heterocycles. The molecule has 100 valence electrons. The Balaban J connectivity index is 2.34. The van der Waals surface area contributed by atoms with E-state index in [0.717, 1.165) is 25.8 Å². The Bertz CT molecular complexity index is 228. The summed E-state index contributed by atoms with van der Waals surface area (Å²) in [4.78, 5) is 11.6. The van der Waals surface area contributed by atoms with Crippen LogP contribution in [-0.2, 0) is 4.74 Å². The Kier molecular flexibility index (Phi) is 6.38. The van der Waals surface area contributed by atoms with Crippen LogP contribution in [0.25, 0.3) is 0 Å². The third-order valence-corrected chi connectivity index (χ3v) is 3.67. The van der Waals surface area contributed by atoms with Gasteiger partial charge < -0.3 is 10.1 Å². The van der Waals surface area contributed by atoms with Crippen LogP contribution in [0.3, 0.4) is 0 Å². The van der Waals surface area contributed by atoms with E-state index in [4.69, 9.17) is 4.74 Å². The molecule has 0 unspecified atom stereocenters. The smallest absolute Gasteiger partial charge is 0.407 e. The molecule has 17 heavy (non-hydrogen) atoms. The fourth-order valence-corrected chi connectivity index (χ4v) is 2.58. The van der Waals surface area contributed by atoms with Gasteiger partial charge in [0.05, 0.1) is 0 Å². The molecule has 1 aliphatic carbocycles. The molecule has 0 aromatic heterocycles. The first-order valence-corrected chi connectivity index (χ1v) is 7.09. The number of hydrogen-bond acceptors (Lipinski definition) is 2. The molecule has 0 spiro atoms. The Labute approximate surface area is 105 Å². The normalized spacial score (nSPS) is 24.7. The highest BCUT2D eigenvalue weighted by Gasteiger charge is 2.30. The lowest BCUT2D eigenvalue weighted by Crippen LogP contribution is -2.37. The number of hydrogen-bond donors (Lipinski definition) is 1. The molecule has 0 aromatic carbocycles. The van der Waals surface area contributed by atoms with Gasteiger partial charge in [-0.05, 0) is 37.5 Å². The zero-order valence-corrected chi connectivity index (χ0v) is 11.5. The lowest BCUT2D eigenvalue weighted by Gasteiger charge is -2.33. The number of amides is 1. The SMILES string of the molecule is CCCCNC(=O)O[C@@H]1CCCC[C@@H]1C(C)C. The van der Waals surface area contributed by atoms with Crippen LogP contribution in [0.2, 0.25) is 0 Å². The molecule has 0 bridgehead atoms. The van der Waals surface area contributed by atoms with E-state index in [9.17, 15) is 4.79 Å². The van der Waals surface area contributed by atoms with Gasteiger partial charge in [0.15, 0.2) is 0 Å². The quantitative estimate of drug-likeness (QED) is 0.745. The third kappa shape index (κ3) is 4.97. The summed E-state index contributed by atoms with van der Waals surface area (Å²) in [5, 5.41) is 2.83. The molecular weight excluding hydrogens is 214 g/mol. The van der Waals surface area contributed by atoms with Gasteiger partial charge in [-0.15, -0.1) is 0 Å². The molecule has 0 heterocycles. The van der Waals surface area contributed by atoms with E-state index < -0.39 is 0 Å². The minimum absolute atomic E-state index is 0.130. The van der Waals surface area contributed by atoms with Crippen LogP contribution in [0.5, 0.6) is 0 Å². The monoisotopic (exact) mass is 241 g/mol. The predicted octanol–water partition coefficient (Wildman–Crippen LogP) is 3.73. The summed E-state index contributed by atoms with van der Waals surface area (Å²) in [6.07, 6.45) is 6.72. The number of alkyl carbamates (subject to hydrolysis) is 1. The van der Waals surface area contributed by atoms with Crippen LogP contribution in [0.15, 0.2) is 0 Å². The standard InChI is InChI=1S/C14H27NO2/c1-4-5-10-15-14(16)17-13-9-7-6-8-12(13)11(2)3/h11-13H,4-10H2,1-3H3,(H,15,16)/t12-,13-/m1/s1. The fraction of sp³-hybridized carbons (Fsp3) is 0.929. The first-order chi connectivity index (χ1) is 8.15. The van der Waals surface area contributed by atoms with Crippen molar-refractivity contribution in [3.63, 3.8) is 0 Å². The maximum Gasteiger partial charge on any atom is 0.407 e. The summed E-state index contributed by atoms with van der Waals surface area (Å²) < 4.78 is 5.56. The molecule has 0 radical (unpaired) electrons. The molecule has 0 aromatic rings. The zero-order chi connectivity index (χ0) is 12.7. The molecule has 2 atom stereocenters. The van der Waals surface area contributed by atoms with E-state index >= 15 is 0 Å². The van der Waals surface area contributed by atoms with Crippen molar-refractivity contribution >= 4 is 6.09 Å². The first-order valence-electron chi connectivity index (χ1n) is 7.09. The topological polar surface area (TPSA) is 38.3 Å². The van der Waals surface area contributed by atoms with Crippen LogP contribution in [0.1, 0.15) is 59.3 Å². The van der Waals surface area contributed by atoms with Gasteiger partial charge >= 0.3 is 6.09 Å². The van der Waals surface area contributed by atoms with Crippen molar-refractivity contribution in [2.45, 2.75) is 65.4 Å². The lowest BCUT2D eigenvalue weighted by molar-refractivity contribution is 0.0205. The minimum atomic E-state index is -0.226. The van der Waals surface area contributed by atoms with E-state index in [1.807, 2.05) is 0 Å². The fourth-order valence-electron chi connectivity index (χ4n) is 2.58. The largest absolute Gasteiger partial charge is 0.446 e. The maximum atomic E-state index is 11.6. The van der Waals surface area contributed by atoms with Gasteiger partial charge in [-0.25, -0.2) is 4.79 Å². The van der Waals surface area contributed by atoms with E-state index in [1.54, 1.807) is 0 Å². The molecule has 3 heteroatoms. The highest BCUT2D eigenvalue weighted by molar-refractivity contribution is 5.67. The zero-order valence-electron chi connectivity index (χ0n) is 11.5. The number of rotatable bonds is 5. The van der Waals surface area contributed by atoms with E-state index in [0.29, 0.717) is 11.8 Å². The van der Waals surface area contributed by atoms with Gasteiger partial charge in [0, 0.05) is 6.54 Å². The van der Waals surface area contributed by atoms with Gasteiger partial charge in [0.1, 0.15) is 6.10 Å². The summed E-state index contributed by atoms with van der Waals surface area (Å²) in [6, 6.07) is 0. The second-order valence-electron chi connectivity index (χ2n) is 5.42. The van der Waals surface area contributed by atoms with Gasteiger partial charge in [0.25, 0.3) is 0 Å². The molecule has 3 nitrogen and oxygen atoms in total. The molecule has 1 fully saturated rings. The van der Waals surface area contributed by atoms with Crippen LogP contribution < -0.4 is 5.32 Å². The lowest BCUT2D eigenvalue weighted by atomic mass is 9.79. The molecule has 1 saturated carbocycles. The molecule has 1 rings (SSSR count).